The van der Waals surface area contributed by atoms with Gasteiger partial charge >= 0.3 is 0 Å². The molecule has 0 bridgehead atoms. The zero-order valence-electron chi connectivity index (χ0n) is 16.6. The standard InChI is InChI=1S/C22H19F3N2O3S/c1-13-6-8-18(12-20(13)24)31(29,30)27-17-5-3-4-16(10-17)22(28)26-14(2)15-7-9-19(23)21(25)11-15/h3-12,14,27H,1-2H3,(H,26,28). The number of nitrogens with one attached hydrogen (secondary N) is 2. The molecule has 1 unspecified atom stereocenters. The minimum atomic E-state index is -4.07. The van der Waals surface area contributed by atoms with Crippen LogP contribution in [0.25, 0.3) is 0 Å². The number of halogens is 3. The second kappa shape index (κ2) is 8.81. The van der Waals surface area contributed by atoms with E-state index in [1.807, 2.05) is 0 Å². The quantitative estimate of drug-likeness (QED) is 0.574. The lowest BCUT2D eigenvalue weighted by atomic mass is 10.1. The van der Waals surface area contributed by atoms with Crippen LogP contribution in [0.5, 0.6) is 0 Å². The Hall–Kier alpha value is -3.33. The minimum absolute atomic E-state index is 0.106. The minimum Gasteiger partial charge on any atom is -0.346 e. The van der Waals surface area contributed by atoms with Crippen LogP contribution in [-0.4, -0.2) is 14.3 Å². The summed E-state index contributed by atoms with van der Waals surface area (Å²) < 4.78 is 67.6. The third-order valence-electron chi connectivity index (χ3n) is 4.62. The molecule has 5 nitrogen and oxygen atoms in total. The Morgan fingerprint density at radius 2 is 1.65 bits per heavy atom. The lowest BCUT2D eigenvalue weighted by Crippen LogP contribution is -2.27. The fourth-order valence-corrected chi connectivity index (χ4v) is 3.88. The van der Waals surface area contributed by atoms with Crippen LogP contribution >= 0.6 is 0 Å². The number of aryl methyl sites for hydroxylation is 1. The summed E-state index contributed by atoms with van der Waals surface area (Å²) in [5.74, 6) is -3.21. The van der Waals surface area contributed by atoms with Gasteiger partial charge in [0.1, 0.15) is 5.82 Å². The summed E-state index contributed by atoms with van der Waals surface area (Å²) in [6, 6.07) is 11.9. The molecule has 0 aliphatic carbocycles. The molecule has 0 aliphatic rings. The predicted octanol–water partition coefficient (Wildman–Crippen LogP) is 4.70. The summed E-state index contributed by atoms with van der Waals surface area (Å²) in [6.45, 7) is 3.12. The van der Waals surface area contributed by atoms with Gasteiger partial charge < -0.3 is 5.32 Å². The Labute approximate surface area is 178 Å². The summed E-state index contributed by atoms with van der Waals surface area (Å²) in [6.07, 6.45) is 0. The molecule has 0 aromatic heterocycles. The normalized spacial score (nSPS) is 12.3. The number of carbonyl (C=O) groups excluding carboxylic acids is 1. The van der Waals surface area contributed by atoms with Gasteiger partial charge in [-0.05, 0) is 67.4 Å². The van der Waals surface area contributed by atoms with Crippen molar-refractivity contribution in [2.75, 3.05) is 4.72 Å². The largest absolute Gasteiger partial charge is 0.346 e. The lowest BCUT2D eigenvalue weighted by molar-refractivity contribution is 0.0940. The van der Waals surface area contributed by atoms with Gasteiger partial charge in [0.05, 0.1) is 10.9 Å². The number of hydrogen-bond donors (Lipinski definition) is 2. The molecule has 3 aromatic rings. The highest BCUT2D eigenvalue weighted by Gasteiger charge is 2.18. The Balaban J connectivity index is 1.76. The molecule has 0 saturated carbocycles. The second-order valence-corrected chi connectivity index (χ2v) is 8.65. The van der Waals surface area contributed by atoms with Gasteiger partial charge in [-0.25, -0.2) is 21.6 Å². The monoisotopic (exact) mass is 448 g/mol. The Bertz CT molecular complexity index is 1250. The number of benzene rings is 3. The van der Waals surface area contributed by atoms with E-state index < -0.39 is 39.4 Å². The van der Waals surface area contributed by atoms with Crippen LogP contribution in [-0.2, 0) is 10.0 Å². The summed E-state index contributed by atoms with van der Waals surface area (Å²) in [5, 5.41) is 2.64. The molecule has 162 valence electrons. The molecule has 0 radical (unpaired) electrons. The third kappa shape index (κ3) is 5.24. The van der Waals surface area contributed by atoms with E-state index in [0.29, 0.717) is 11.1 Å². The molecule has 0 aliphatic heterocycles. The zero-order chi connectivity index (χ0) is 22.8. The van der Waals surface area contributed by atoms with Crippen molar-refractivity contribution < 1.29 is 26.4 Å². The van der Waals surface area contributed by atoms with Crippen LogP contribution in [0.3, 0.4) is 0 Å². The number of hydrogen-bond acceptors (Lipinski definition) is 3. The van der Waals surface area contributed by atoms with Crippen molar-refractivity contribution >= 4 is 21.6 Å². The zero-order valence-corrected chi connectivity index (χ0v) is 17.4. The molecule has 3 rings (SSSR count). The molecule has 1 amide bonds. The summed E-state index contributed by atoms with van der Waals surface area (Å²) >= 11 is 0. The predicted molar refractivity (Wildman–Crippen MR) is 111 cm³/mol. The van der Waals surface area contributed by atoms with Gasteiger partial charge in [0.25, 0.3) is 15.9 Å². The molecule has 0 fully saturated rings. The van der Waals surface area contributed by atoms with Gasteiger partial charge in [-0.2, -0.15) is 0 Å². The molecule has 0 heterocycles. The number of carbonyl (C=O) groups is 1. The Morgan fingerprint density at radius 1 is 0.903 bits per heavy atom. The van der Waals surface area contributed by atoms with E-state index in [1.165, 1.54) is 49.4 Å². The van der Waals surface area contributed by atoms with Crippen molar-refractivity contribution in [1.82, 2.24) is 5.32 Å². The van der Waals surface area contributed by atoms with Crippen molar-refractivity contribution in [1.29, 1.82) is 0 Å². The van der Waals surface area contributed by atoms with Crippen molar-refractivity contribution in [3.8, 4) is 0 Å². The first-order valence-electron chi connectivity index (χ1n) is 9.21. The molecule has 0 saturated heterocycles. The van der Waals surface area contributed by atoms with E-state index in [0.717, 1.165) is 18.2 Å². The maximum absolute atomic E-state index is 13.7. The van der Waals surface area contributed by atoms with E-state index in [4.69, 9.17) is 0 Å². The van der Waals surface area contributed by atoms with Crippen molar-refractivity contribution in [2.24, 2.45) is 0 Å². The maximum Gasteiger partial charge on any atom is 0.261 e. The highest BCUT2D eigenvalue weighted by atomic mass is 32.2. The fourth-order valence-electron chi connectivity index (χ4n) is 2.82. The fraction of sp³-hybridized carbons (Fsp3) is 0.136. The molecule has 3 aromatic carbocycles. The highest BCUT2D eigenvalue weighted by Crippen LogP contribution is 2.21. The summed E-state index contributed by atoms with van der Waals surface area (Å²) in [5.41, 5.74) is 0.928. The van der Waals surface area contributed by atoms with Crippen LogP contribution in [0.2, 0.25) is 0 Å². The van der Waals surface area contributed by atoms with Crippen LogP contribution in [0.1, 0.15) is 34.5 Å². The first-order chi connectivity index (χ1) is 14.6. The molecule has 0 spiro atoms. The van der Waals surface area contributed by atoms with E-state index >= 15 is 0 Å². The molecule has 1 atom stereocenters. The second-order valence-electron chi connectivity index (χ2n) is 6.97. The number of sulfonamides is 1. The molecular formula is C22H19F3N2O3S. The molecule has 31 heavy (non-hydrogen) atoms. The van der Waals surface area contributed by atoms with Gasteiger partial charge in [-0.3, -0.25) is 9.52 Å². The van der Waals surface area contributed by atoms with Crippen molar-refractivity contribution in [3.05, 3.63) is 94.8 Å². The van der Waals surface area contributed by atoms with Gasteiger partial charge in [0, 0.05) is 11.3 Å². The van der Waals surface area contributed by atoms with Gasteiger partial charge in [-0.15, -0.1) is 0 Å². The average Bonchev–Trinajstić information content (AvgIpc) is 2.71. The van der Waals surface area contributed by atoms with Crippen molar-refractivity contribution in [2.45, 2.75) is 24.8 Å². The topological polar surface area (TPSA) is 75.3 Å². The number of anilines is 1. The van der Waals surface area contributed by atoms with Crippen LogP contribution in [0.4, 0.5) is 18.9 Å². The van der Waals surface area contributed by atoms with Crippen molar-refractivity contribution in [3.63, 3.8) is 0 Å². The van der Waals surface area contributed by atoms with Gasteiger partial charge in [0.2, 0.25) is 0 Å². The van der Waals surface area contributed by atoms with Crippen LogP contribution in [0.15, 0.2) is 65.6 Å². The summed E-state index contributed by atoms with van der Waals surface area (Å²) in [4.78, 5) is 12.3. The first-order valence-corrected chi connectivity index (χ1v) is 10.7. The molecular weight excluding hydrogens is 429 g/mol. The third-order valence-corrected chi connectivity index (χ3v) is 6.00. The summed E-state index contributed by atoms with van der Waals surface area (Å²) in [7, 11) is -4.07. The van der Waals surface area contributed by atoms with Gasteiger partial charge in [0.15, 0.2) is 11.6 Å². The van der Waals surface area contributed by atoms with Crippen LogP contribution in [0, 0.1) is 24.4 Å². The molecule has 2 N–H and O–H groups in total. The molecule has 9 heteroatoms. The Kier molecular flexibility index (Phi) is 6.35. The van der Waals surface area contributed by atoms with E-state index in [2.05, 4.69) is 10.0 Å². The first kappa shape index (κ1) is 22.4. The smallest absolute Gasteiger partial charge is 0.261 e. The van der Waals surface area contributed by atoms with E-state index in [1.54, 1.807) is 6.92 Å². The number of amides is 1. The van der Waals surface area contributed by atoms with E-state index in [-0.39, 0.29) is 16.1 Å². The van der Waals surface area contributed by atoms with E-state index in [9.17, 15) is 26.4 Å². The highest BCUT2D eigenvalue weighted by molar-refractivity contribution is 7.92. The number of rotatable bonds is 6. The Morgan fingerprint density at radius 3 is 2.32 bits per heavy atom. The van der Waals surface area contributed by atoms with Gasteiger partial charge in [-0.1, -0.05) is 18.2 Å². The maximum atomic E-state index is 13.7. The SMILES string of the molecule is Cc1ccc(S(=O)(=O)Nc2cccc(C(=O)NC(C)c3ccc(F)c(F)c3)c2)cc1F. The van der Waals surface area contributed by atoms with Crippen LogP contribution < -0.4 is 10.0 Å². The lowest BCUT2D eigenvalue weighted by Gasteiger charge is -2.15. The average molecular weight is 448 g/mol.